The summed E-state index contributed by atoms with van der Waals surface area (Å²) in [6.45, 7) is 3.48. The minimum atomic E-state index is 0.744. The standard InChI is InChI=1S/C17H24N2/c1-13-5-4-6-15(11-13)18-10-9-14-12-19-17-8-3-2-7-16(14)17/h2-3,7-8,12-13,15,18-19H,4-6,9-11H2,1H3/t13-,15+/m0/s1. The van der Waals surface area contributed by atoms with E-state index < -0.39 is 0 Å². The summed E-state index contributed by atoms with van der Waals surface area (Å²) >= 11 is 0. The number of hydrogen-bond donors (Lipinski definition) is 2. The van der Waals surface area contributed by atoms with Gasteiger partial charge in [-0.3, -0.25) is 0 Å². The minimum absolute atomic E-state index is 0.744. The smallest absolute Gasteiger partial charge is 0.0456 e. The maximum Gasteiger partial charge on any atom is 0.0456 e. The number of rotatable bonds is 4. The first-order chi connectivity index (χ1) is 9.33. The zero-order valence-corrected chi connectivity index (χ0v) is 11.8. The number of nitrogens with one attached hydrogen (secondary N) is 2. The molecule has 2 N–H and O–H groups in total. The fraction of sp³-hybridized carbons (Fsp3) is 0.529. The highest BCUT2D eigenvalue weighted by Gasteiger charge is 2.17. The molecule has 1 aromatic heterocycles. The van der Waals surface area contributed by atoms with Gasteiger partial charge in [0, 0.05) is 23.1 Å². The van der Waals surface area contributed by atoms with Crippen molar-refractivity contribution in [2.45, 2.75) is 45.1 Å². The van der Waals surface area contributed by atoms with E-state index in [2.05, 4.69) is 47.7 Å². The van der Waals surface area contributed by atoms with Gasteiger partial charge in [-0.05, 0) is 43.4 Å². The van der Waals surface area contributed by atoms with E-state index in [-0.39, 0.29) is 0 Å². The number of para-hydroxylation sites is 1. The Labute approximate surface area is 115 Å². The van der Waals surface area contributed by atoms with Gasteiger partial charge in [-0.1, -0.05) is 38.0 Å². The monoisotopic (exact) mass is 256 g/mol. The molecule has 1 saturated carbocycles. The van der Waals surface area contributed by atoms with Crippen molar-refractivity contribution in [3.63, 3.8) is 0 Å². The molecule has 3 rings (SSSR count). The van der Waals surface area contributed by atoms with Gasteiger partial charge in [-0.2, -0.15) is 0 Å². The zero-order chi connectivity index (χ0) is 13.1. The van der Waals surface area contributed by atoms with Crippen molar-refractivity contribution in [2.75, 3.05) is 6.54 Å². The Bertz CT molecular complexity index is 529. The first kappa shape index (κ1) is 12.7. The quantitative estimate of drug-likeness (QED) is 0.853. The summed E-state index contributed by atoms with van der Waals surface area (Å²) in [4.78, 5) is 3.36. The Morgan fingerprint density at radius 2 is 2.16 bits per heavy atom. The largest absolute Gasteiger partial charge is 0.361 e. The van der Waals surface area contributed by atoms with Crippen molar-refractivity contribution in [3.8, 4) is 0 Å². The molecular formula is C17H24N2. The molecule has 1 heterocycles. The molecule has 0 unspecified atom stereocenters. The van der Waals surface area contributed by atoms with Crippen LogP contribution in [0.5, 0.6) is 0 Å². The van der Waals surface area contributed by atoms with E-state index in [4.69, 9.17) is 0 Å². The van der Waals surface area contributed by atoms with Crippen molar-refractivity contribution in [2.24, 2.45) is 5.92 Å². The molecule has 2 aromatic rings. The Morgan fingerprint density at radius 3 is 3.05 bits per heavy atom. The molecular weight excluding hydrogens is 232 g/mol. The van der Waals surface area contributed by atoms with E-state index in [1.54, 1.807) is 0 Å². The molecule has 0 bridgehead atoms. The van der Waals surface area contributed by atoms with E-state index in [9.17, 15) is 0 Å². The molecule has 1 aliphatic carbocycles. The fourth-order valence-electron chi connectivity index (χ4n) is 3.37. The summed E-state index contributed by atoms with van der Waals surface area (Å²) in [7, 11) is 0. The Hall–Kier alpha value is -1.28. The second kappa shape index (κ2) is 5.79. The van der Waals surface area contributed by atoms with Gasteiger partial charge in [0.1, 0.15) is 0 Å². The molecule has 1 aromatic carbocycles. The van der Waals surface area contributed by atoms with Gasteiger partial charge in [0.05, 0.1) is 0 Å². The van der Waals surface area contributed by atoms with Gasteiger partial charge < -0.3 is 10.3 Å². The highest BCUT2D eigenvalue weighted by Crippen LogP contribution is 2.23. The average molecular weight is 256 g/mol. The third kappa shape index (κ3) is 3.01. The lowest BCUT2D eigenvalue weighted by Gasteiger charge is -2.27. The molecule has 0 spiro atoms. The van der Waals surface area contributed by atoms with Crippen LogP contribution in [0.25, 0.3) is 10.9 Å². The molecule has 1 fully saturated rings. The van der Waals surface area contributed by atoms with E-state index in [1.165, 1.54) is 42.1 Å². The van der Waals surface area contributed by atoms with E-state index in [0.29, 0.717) is 0 Å². The third-order valence-electron chi connectivity index (χ3n) is 4.44. The average Bonchev–Trinajstić information content (AvgIpc) is 2.83. The van der Waals surface area contributed by atoms with Crippen LogP contribution < -0.4 is 5.32 Å². The summed E-state index contributed by atoms with van der Waals surface area (Å²) in [5.74, 6) is 0.902. The maximum absolute atomic E-state index is 3.74. The summed E-state index contributed by atoms with van der Waals surface area (Å²) in [6.07, 6.45) is 8.81. The van der Waals surface area contributed by atoms with Gasteiger partial charge in [0.25, 0.3) is 0 Å². The number of aromatic amines is 1. The molecule has 102 valence electrons. The van der Waals surface area contributed by atoms with Crippen molar-refractivity contribution in [3.05, 3.63) is 36.0 Å². The molecule has 2 heteroatoms. The fourth-order valence-corrected chi connectivity index (χ4v) is 3.37. The van der Waals surface area contributed by atoms with Crippen LogP contribution in [0.1, 0.15) is 38.2 Å². The summed E-state index contributed by atoms with van der Waals surface area (Å²) in [6, 6.07) is 9.31. The predicted octanol–water partition coefficient (Wildman–Crippen LogP) is 3.88. The van der Waals surface area contributed by atoms with Gasteiger partial charge in [0.15, 0.2) is 0 Å². The van der Waals surface area contributed by atoms with Crippen LogP contribution in [0.4, 0.5) is 0 Å². The predicted molar refractivity (Wildman–Crippen MR) is 81.4 cm³/mol. The lowest BCUT2D eigenvalue weighted by molar-refractivity contribution is 0.303. The number of benzene rings is 1. The van der Waals surface area contributed by atoms with Gasteiger partial charge >= 0.3 is 0 Å². The van der Waals surface area contributed by atoms with Gasteiger partial charge in [-0.15, -0.1) is 0 Å². The molecule has 1 aliphatic rings. The van der Waals surface area contributed by atoms with Crippen LogP contribution in [0.2, 0.25) is 0 Å². The number of aromatic nitrogens is 1. The zero-order valence-electron chi connectivity index (χ0n) is 11.8. The molecule has 0 radical (unpaired) electrons. The van der Waals surface area contributed by atoms with Gasteiger partial charge in [0.2, 0.25) is 0 Å². The minimum Gasteiger partial charge on any atom is -0.361 e. The molecule has 19 heavy (non-hydrogen) atoms. The Balaban J connectivity index is 1.55. The van der Waals surface area contributed by atoms with Crippen LogP contribution in [0, 0.1) is 5.92 Å². The normalized spacial score (nSPS) is 23.8. The van der Waals surface area contributed by atoms with Crippen molar-refractivity contribution >= 4 is 10.9 Å². The van der Waals surface area contributed by atoms with Crippen molar-refractivity contribution in [1.82, 2.24) is 10.3 Å². The molecule has 0 amide bonds. The molecule has 0 saturated heterocycles. The van der Waals surface area contributed by atoms with E-state index in [0.717, 1.165) is 24.9 Å². The number of H-pyrrole nitrogens is 1. The van der Waals surface area contributed by atoms with Crippen LogP contribution in [-0.4, -0.2) is 17.6 Å². The molecule has 0 aliphatic heterocycles. The Kier molecular flexibility index (Phi) is 3.88. The summed E-state index contributed by atoms with van der Waals surface area (Å²) < 4.78 is 0. The second-order valence-electron chi connectivity index (χ2n) is 6.03. The van der Waals surface area contributed by atoms with Crippen LogP contribution >= 0.6 is 0 Å². The summed E-state index contributed by atoms with van der Waals surface area (Å²) in [5, 5.41) is 5.12. The SMILES string of the molecule is C[C@H]1CCC[C@@H](NCCc2c[nH]c3ccccc23)C1. The number of hydrogen-bond acceptors (Lipinski definition) is 1. The van der Waals surface area contributed by atoms with Crippen molar-refractivity contribution < 1.29 is 0 Å². The maximum atomic E-state index is 3.74. The van der Waals surface area contributed by atoms with Crippen LogP contribution in [0.3, 0.4) is 0 Å². The third-order valence-corrected chi connectivity index (χ3v) is 4.44. The lowest BCUT2D eigenvalue weighted by atomic mass is 9.87. The highest BCUT2D eigenvalue weighted by molar-refractivity contribution is 5.83. The second-order valence-corrected chi connectivity index (χ2v) is 6.03. The number of fused-ring (bicyclic) bond motifs is 1. The van der Waals surface area contributed by atoms with Crippen LogP contribution in [0.15, 0.2) is 30.5 Å². The molecule has 2 nitrogen and oxygen atoms in total. The van der Waals surface area contributed by atoms with E-state index >= 15 is 0 Å². The summed E-state index contributed by atoms with van der Waals surface area (Å²) in [5.41, 5.74) is 2.69. The topological polar surface area (TPSA) is 27.8 Å². The highest BCUT2D eigenvalue weighted by atomic mass is 14.9. The lowest BCUT2D eigenvalue weighted by Crippen LogP contribution is -2.34. The first-order valence-corrected chi connectivity index (χ1v) is 7.61. The first-order valence-electron chi connectivity index (χ1n) is 7.61. The van der Waals surface area contributed by atoms with E-state index in [1.807, 2.05) is 0 Å². The van der Waals surface area contributed by atoms with Crippen molar-refractivity contribution in [1.29, 1.82) is 0 Å². The van der Waals surface area contributed by atoms with Crippen LogP contribution in [-0.2, 0) is 6.42 Å². The van der Waals surface area contributed by atoms with Gasteiger partial charge in [-0.25, -0.2) is 0 Å². The Morgan fingerprint density at radius 1 is 1.26 bits per heavy atom. The molecule has 2 atom stereocenters.